The number of piperidine rings is 1. The molecule has 1 atom stereocenters. The third-order valence-corrected chi connectivity index (χ3v) is 4.29. The Hall–Kier alpha value is -1.37. The van der Waals surface area contributed by atoms with E-state index in [2.05, 4.69) is 24.8 Å². The molecule has 0 bridgehead atoms. The molecule has 0 spiro atoms. The average molecular weight is 271 g/mol. The van der Waals surface area contributed by atoms with Gasteiger partial charge in [0.1, 0.15) is 5.54 Å². The number of hydrogen-bond acceptors (Lipinski definition) is 3. The molecule has 0 radical (unpaired) electrons. The lowest BCUT2D eigenvalue weighted by atomic mass is 9.83. The van der Waals surface area contributed by atoms with Crippen LogP contribution in [0.1, 0.15) is 38.7 Å². The Morgan fingerprint density at radius 3 is 2.65 bits per heavy atom. The first-order chi connectivity index (χ1) is 9.45. The third kappa shape index (κ3) is 3.59. The molecule has 1 saturated heterocycles. The molecular weight excluding hydrogens is 246 g/mol. The zero-order valence-electron chi connectivity index (χ0n) is 12.6. The monoisotopic (exact) mass is 271 g/mol. The van der Waals surface area contributed by atoms with Gasteiger partial charge in [-0.25, -0.2) is 0 Å². The minimum atomic E-state index is -0.872. The van der Waals surface area contributed by atoms with Crippen LogP contribution < -0.4 is 5.73 Å². The lowest BCUT2D eigenvalue weighted by Gasteiger charge is -2.39. The van der Waals surface area contributed by atoms with Gasteiger partial charge in [0.05, 0.1) is 6.07 Å². The van der Waals surface area contributed by atoms with Crippen LogP contribution >= 0.6 is 0 Å². The van der Waals surface area contributed by atoms with Crippen LogP contribution in [-0.2, 0) is 5.54 Å². The zero-order valence-corrected chi connectivity index (χ0v) is 12.6. The number of hydrogen-bond donors (Lipinski definition) is 1. The van der Waals surface area contributed by atoms with Gasteiger partial charge in [0.25, 0.3) is 0 Å². The van der Waals surface area contributed by atoms with Gasteiger partial charge in [0, 0.05) is 13.1 Å². The minimum Gasteiger partial charge on any atom is -0.310 e. The van der Waals surface area contributed by atoms with Crippen molar-refractivity contribution in [2.24, 2.45) is 11.1 Å². The van der Waals surface area contributed by atoms with Crippen molar-refractivity contribution in [3.8, 4) is 6.07 Å². The van der Waals surface area contributed by atoms with E-state index in [-0.39, 0.29) is 0 Å². The van der Waals surface area contributed by atoms with Gasteiger partial charge in [-0.05, 0) is 36.8 Å². The van der Waals surface area contributed by atoms with E-state index in [1.54, 1.807) is 0 Å². The molecule has 0 aromatic heterocycles. The van der Waals surface area contributed by atoms with Crippen LogP contribution in [0.2, 0.25) is 0 Å². The molecule has 1 heterocycles. The van der Waals surface area contributed by atoms with Crippen molar-refractivity contribution in [1.82, 2.24) is 4.90 Å². The van der Waals surface area contributed by atoms with E-state index in [4.69, 9.17) is 5.73 Å². The highest BCUT2D eigenvalue weighted by molar-refractivity contribution is 5.30. The number of nitrogens with two attached hydrogens (primary N) is 1. The van der Waals surface area contributed by atoms with E-state index >= 15 is 0 Å². The summed E-state index contributed by atoms with van der Waals surface area (Å²) in [5.41, 5.74) is 6.74. The maximum Gasteiger partial charge on any atom is 0.131 e. The van der Waals surface area contributed by atoms with E-state index in [9.17, 15) is 5.26 Å². The molecule has 2 rings (SSSR count). The fourth-order valence-corrected chi connectivity index (χ4v) is 3.07. The van der Waals surface area contributed by atoms with Crippen LogP contribution in [0.5, 0.6) is 0 Å². The van der Waals surface area contributed by atoms with Gasteiger partial charge in [-0.15, -0.1) is 0 Å². The standard InChI is InChI=1S/C17H25N3/c1-16(2)9-6-11-20(14-16)12-10-17(19,13-18)15-7-4-3-5-8-15/h3-5,7-8H,6,9-12,14,19H2,1-2H3. The summed E-state index contributed by atoms with van der Waals surface area (Å²) in [5, 5.41) is 9.48. The SMILES string of the molecule is CC1(C)CCCN(CCC(N)(C#N)c2ccccc2)C1. The van der Waals surface area contributed by atoms with Crippen molar-refractivity contribution in [1.29, 1.82) is 5.26 Å². The van der Waals surface area contributed by atoms with Gasteiger partial charge < -0.3 is 10.6 Å². The fourth-order valence-electron chi connectivity index (χ4n) is 3.07. The Labute approximate surface area is 122 Å². The summed E-state index contributed by atoms with van der Waals surface area (Å²) in [6.45, 7) is 7.75. The molecule has 3 nitrogen and oxygen atoms in total. The van der Waals surface area contributed by atoms with Crippen LogP contribution in [0.3, 0.4) is 0 Å². The summed E-state index contributed by atoms with van der Waals surface area (Å²) < 4.78 is 0. The third-order valence-electron chi connectivity index (χ3n) is 4.29. The summed E-state index contributed by atoms with van der Waals surface area (Å²) in [6.07, 6.45) is 3.21. The molecule has 1 aromatic rings. The molecule has 3 heteroatoms. The lowest BCUT2D eigenvalue weighted by Crippen LogP contribution is -2.44. The summed E-state index contributed by atoms with van der Waals surface area (Å²) in [5.74, 6) is 0. The van der Waals surface area contributed by atoms with Crippen LogP contribution in [0, 0.1) is 16.7 Å². The minimum absolute atomic E-state index is 0.384. The maximum absolute atomic E-state index is 9.48. The van der Waals surface area contributed by atoms with Crippen molar-refractivity contribution in [3.63, 3.8) is 0 Å². The Balaban J connectivity index is 2.00. The van der Waals surface area contributed by atoms with E-state index < -0.39 is 5.54 Å². The molecule has 20 heavy (non-hydrogen) atoms. The van der Waals surface area contributed by atoms with Crippen molar-refractivity contribution in [2.75, 3.05) is 19.6 Å². The normalized spacial score (nSPS) is 21.9. The zero-order chi connectivity index (χ0) is 14.6. The van der Waals surface area contributed by atoms with E-state index in [1.807, 2.05) is 30.3 Å². The van der Waals surface area contributed by atoms with E-state index in [0.29, 0.717) is 11.8 Å². The van der Waals surface area contributed by atoms with Gasteiger partial charge in [-0.2, -0.15) is 5.26 Å². The molecule has 0 saturated carbocycles. The number of rotatable bonds is 4. The molecule has 1 fully saturated rings. The molecule has 1 aliphatic heterocycles. The quantitative estimate of drug-likeness (QED) is 0.916. The molecule has 0 amide bonds. The molecule has 108 valence electrons. The number of benzene rings is 1. The van der Waals surface area contributed by atoms with Crippen molar-refractivity contribution >= 4 is 0 Å². The highest BCUT2D eigenvalue weighted by atomic mass is 15.1. The molecule has 2 N–H and O–H groups in total. The molecule has 1 aliphatic rings. The first kappa shape index (κ1) is 15.0. The predicted molar refractivity (Wildman–Crippen MR) is 82.0 cm³/mol. The van der Waals surface area contributed by atoms with Crippen LogP contribution in [0.25, 0.3) is 0 Å². The van der Waals surface area contributed by atoms with Gasteiger partial charge in [0.2, 0.25) is 0 Å². The highest BCUT2D eigenvalue weighted by Crippen LogP contribution is 2.29. The van der Waals surface area contributed by atoms with Crippen LogP contribution in [-0.4, -0.2) is 24.5 Å². The van der Waals surface area contributed by atoms with Gasteiger partial charge in [0.15, 0.2) is 0 Å². The highest BCUT2D eigenvalue weighted by Gasteiger charge is 2.30. The van der Waals surface area contributed by atoms with Crippen molar-refractivity contribution < 1.29 is 0 Å². The summed E-state index contributed by atoms with van der Waals surface area (Å²) >= 11 is 0. The van der Waals surface area contributed by atoms with Crippen LogP contribution in [0.15, 0.2) is 30.3 Å². The van der Waals surface area contributed by atoms with Gasteiger partial charge in [-0.1, -0.05) is 44.2 Å². The Morgan fingerprint density at radius 2 is 2.05 bits per heavy atom. The second kappa shape index (κ2) is 5.95. The van der Waals surface area contributed by atoms with Gasteiger partial charge >= 0.3 is 0 Å². The predicted octanol–water partition coefficient (Wildman–Crippen LogP) is 2.88. The number of nitrogens with zero attached hydrogens (tertiary/aromatic N) is 2. The Morgan fingerprint density at radius 1 is 1.35 bits per heavy atom. The maximum atomic E-state index is 9.48. The lowest BCUT2D eigenvalue weighted by molar-refractivity contribution is 0.112. The van der Waals surface area contributed by atoms with Crippen molar-refractivity contribution in [3.05, 3.63) is 35.9 Å². The van der Waals surface area contributed by atoms with Gasteiger partial charge in [-0.3, -0.25) is 0 Å². The number of nitriles is 1. The summed E-state index contributed by atoms with van der Waals surface area (Å²) in [7, 11) is 0. The first-order valence-corrected chi connectivity index (χ1v) is 7.43. The summed E-state index contributed by atoms with van der Waals surface area (Å²) in [4.78, 5) is 2.45. The number of likely N-dealkylation sites (tertiary alicyclic amines) is 1. The molecular formula is C17H25N3. The second-order valence-electron chi connectivity index (χ2n) is 6.74. The molecule has 1 aromatic carbocycles. The van der Waals surface area contributed by atoms with Crippen molar-refractivity contribution in [2.45, 2.75) is 38.6 Å². The molecule has 0 aliphatic carbocycles. The smallest absolute Gasteiger partial charge is 0.131 e. The Bertz CT molecular complexity index is 475. The van der Waals surface area contributed by atoms with E-state index in [1.165, 1.54) is 12.8 Å². The fraction of sp³-hybridized carbons (Fsp3) is 0.588. The topological polar surface area (TPSA) is 53.0 Å². The second-order valence-corrected chi connectivity index (χ2v) is 6.74. The summed E-state index contributed by atoms with van der Waals surface area (Å²) in [6, 6.07) is 12.0. The molecule has 1 unspecified atom stereocenters. The first-order valence-electron chi connectivity index (χ1n) is 7.43. The largest absolute Gasteiger partial charge is 0.310 e. The van der Waals surface area contributed by atoms with E-state index in [0.717, 1.165) is 25.2 Å². The Kier molecular flexibility index (Phi) is 4.47. The average Bonchev–Trinajstić information content (AvgIpc) is 2.45. The van der Waals surface area contributed by atoms with Crippen LogP contribution in [0.4, 0.5) is 0 Å².